The molecule has 0 unspecified atom stereocenters. The van der Waals surface area contributed by atoms with E-state index in [2.05, 4.69) is 37.7 Å². The number of hydrogen-bond acceptors (Lipinski definition) is 2. The van der Waals surface area contributed by atoms with Crippen LogP contribution in [0.3, 0.4) is 0 Å². The van der Waals surface area contributed by atoms with E-state index in [1.165, 1.54) is 0 Å². The largest absolute Gasteiger partial charge is 0.289 e. The Hall–Kier alpha value is -1.56. The van der Waals surface area contributed by atoms with Crippen molar-refractivity contribution in [3.8, 4) is 11.8 Å². The van der Waals surface area contributed by atoms with Gasteiger partial charge in [0.05, 0.1) is 17.3 Å². The molecule has 0 radical (unpaired) electrons. The number of carbonyl (C=O) groups excluding carboxylic acids is 1. The van der Waals surface area contributed by atoms with Gasteiger partial charge in [-0.25, -0.2) is 0 Å². The molecule has 0 aliphatic rings. The predicted molar refractivity (Wildman–Crippen MR) is 50.2 cm³/mol. The second kappa shape index (κ2) is 3.44. The van der Waals surface area contributed by atoms with Gasteiger partial charge >= 0.3 is 0 Å². The van der Waals surface area contributed by atoms with Gasteiger partial charge in [-0.15, -0.1) is 0 Å². The van der Waals surface area contributed by atoms with Crippen LogP contribution in [0.4, 0.5) is 0 Å². The van der Waals surface area contributed by atoms with Crippen LogP contribution in [0, 0.1) is 11.8 Å². The van der Waals surface area contributed by atoms with Crippen molar-refractivity contribution >= 4 is 6.29 Å². The Morgan fingerprint density at radius 1 is 1.54 bits per heavy atom. The Bertz CT molecular complexity index is 360. The number of nitrogens with zero attached hydrogens (tertiary/aromatic N) is 2. The lowest BCUT2D eigenvalue weighted by atomic mass is 10.1. The Morgan fingerprint density at radius 2 is 2.23 bits per heavy atom. The maximum absolute atomic E-state index is 9.98. The predicted octanol–water partition coefficient (Wildman–Crippen LogP) is 1.19. The Kier molecular flexibility index (Phi) is 2.52. The minimum absolute atomic E-state index is 0.0406. The standard InChI is InChI=1S/C10H12N2O/c1-10(2,3)12-8-9(7-11-12)5-4-6-13/h6-8H,1-3H3. The summed E-state index contributed by atoms with van der Waals surface area (Å²) in [5.74, 6) is 5.03. The van der Waals surface area contributed by atoms with Crippen molar-refractivity contribution in [2.45, 2.75) is 26.3 Å². The molecule has 3 heteroatoms. The summed E-state index contributed by atoms with van der Waals surface area (Å²) in [6.45, 7) is 6.16. The monoisotopic (exact) mass is 176 g/mol. The fourth-order valence-electron chi connectivity index (χ4n) is 0.867. The highest BCUT2D eigenvalue weighted by Crippen LogP contribution is 2.12. The van der Waals surface area contributed by atoms with Crippen molar-refractivity contribution in [1.29, 1.82) is 0 Å². The molecule has 3 nitrogen and oxygen atoms in total. The average Bonchev–Trinajstić information content (AvgIpc) is 2.47. The SMILES string of the molecule is CC(C)(C)n1cc(C#CC=O)cn1. The summed E-state index contributed by atoms with van der Waals surface area (Å²) in [6, 6.07) is 0. The van der Waals surface area contributed by atoms with Crippen molar-refractivity contribution in [3.63, 3.8) is 0 Å². The highest BCUT2D eigenvalue weighted by Gasteiger charge is 2.12. The molecule has 1 aromatic rings. The molecular formula is C10H12N2O. The summed E-state index contributed by atoms with van der Waals surface area (Å²) in [7, 11) is 0. The van der Waals surface area contributed by atoms with E-state index in [1.807, 2.05) is 10.9 Å². The van der Waals surface area contributed by atoms with Crippen LogP contribution in [0.1, 0.15) is 26.3 Å². The molecule has 0 N–H and O–H groups in total. The minimum Gasteiger partial charge on any atom is -0.289 e. The van der Waals surface area contributed by atoms with Gasteiger partial charge in [0.25, 0.3) is 0 Å². The van der Waals surface area contributed by atoms with Crippen molar-refractivity contribution in [3.05, 3.63) is 18.0 Å². The van der Waals surface area contributed by atoms with Gasteiger partial charge in [0, 0.05) is 6.20 Å². The van der Waals surface area contributed by atoms with Gasteiger partial charge in [0.2, 0.25) is 0 Å². The topological polar surface area (TPSA) is 34.9 Å². The Labute approximate surface area is 77.8 Å². The first-order valence-electron chi connectivity index (χ1n) is 4.04. The molecule has 1 rings (SSSR count). The summed E-state index contributed by atoms with van der Waals surface area (Å²) in [4.78, 5) is 9.98. The number of aldehydes is 1. The van der Waals surface area contributed by atoms with Gasteiger partial charge in [0.15, 0.2) is 6.29 Å². The Morgan fingerprint density at radius 3 is 2.69 bits per heavy atom. The van der Waals surface area contributed by atoms with Gasteiger partial charge in [-0.2, -0.15) is 5.10 Å². The highest BCUT2D eigenvalue weighted by atomic mass is 16.1. The average molecular weight is 176 g/mol. The molecule has 0 spiro atoms. The second-order valence-corrected chi connectivity index (χ2v) is 3.73. The van der Waals surface area contributed by atoms with Crippen LogP contribution in [0.5, 0.6) is 0 Å². The van der Waals surface area contributed by atoms with Gasteiger partial charge in [-0.1, -0.05) is 5.92 Å². The van der Waals surface area contributed by atoms with Crippen LogP contribution in [0.25, 0.3) is 0 Å². The van der Waals surface area contributed by atoms with Crippen LogP contribution in [-0.2, 0) is 10.3 Å². The molecule has 1 heterocycles. The van der Waals surface area contributed by atoms with E-state index in [4.69, 9.17) is 0 Å². The van der Waals surface area contributed by atoms with Gasteiger partial charge < -0.3 is 0 Å². The summed E-state index contributed by atoms with van der Waals surface area (Å²) in [6.07, 6.45) is 4.06. The van der Waals surface area contributed by atoms with Gasteiger partial charge in [0.1, 0.15) is 0 Å². The van der Waals surface area contributed by atoms with E-state index < -0.39 is 0 Å². The maximum Gasteiger partial charge on any atom is 0.193 e. The highest BCUT2D eigenvalue weighted by molar-refractivity contribution is 5.73. The summed E-state index contributed by atoms with van der Waals surface area (Å²) in [5.41, 5.74) is 0.725. The van der Waals surface area contributed by atoms with Crippen molar-refractivity contribution in [2.75, 3.05) is 0 Å². The molecule has 0 aliphatic carbocycles. The van der Waals surface area contributed by atoms with Crippen LogP contribution in [0.2, 0.25) is 0 Å². The molecule has 0 saturated heterocycles. The lowest BCUT2D eigenvalue weighted by Gasteiger charge is -2.18. The second-order valence-electron chi connectivity index (χ2n) is 3.73. The molecule has 13 heavy (non-hydrogen) atoms. The van der Waals surface area contributed by atoms with Crippen molar-refractivity contribution in [2.24, 2.45) is 0 Å². The number of hydrogen-bond donors (Lipinski definition) is 0. The smallest absolute Gasteiger partial charge is 0.193 e. The van der Waals surface area contributed by atoms with Gasteiger partial charge in [-0.3, -0.25) is 9.48 Å². The van der Waals surface area contributed by atoms with E-state index in [9.17, 15) is 4.79 Å². The zero-order chi connectivity index (χ0) is 9.90. The lowest BCUT2D eigenvalue weighted by molar-refractivity contribution is -0.103. The third-order valence-electron chi connectivity index (χ3n) is 1.55. The molecular weight excluding hydrogens is 164 g/mol. The molecule has 0 amide bonds. The van der Waals surface area contributed by atoms with Crippen molar-refractivity contribution in [1.82, 2.24) is 9.78 Å². The fourth-order valence-corrected chi connectivity index (χ4v) is 0.867. The third-order valence-corrected chi connectivity index (χ3v) is 1.55. The molecule has 0 saturated carbocycles. The van der Waals surface area contributed by atoms with Crippen LogP contribution in [-0.4, -0.2) is 16.1 Å². The van der Waals surface area contributed by atoms with E-state index >= 15 is 0 Å². The summed E-state index contributed by atoms with van der Waals surface area (Å²) >= 11 is 0. The first kappa shape index (κ1) is 9.53. The van der Waals surface area contributed by atoms with Crippen LogP contribution >= 0.6 is 0 Å². The van der Waals surface area contributed by atoms with Crippen LogP contribution < -0.4 is 0 Å². The summed E-state index contributed by atoms with van der Waals surface area (Å²) in [5, 5.41) is 4.14. The molecule has 68 valence electrons. The zero-order valence-electron chi connectivity index (χ0n) is 8.03. The van der Waals surface area contributed by atoms with E-state index in [-0.39, 0.29) is 5.54 Å². The minimum atomic E-state index is -0.0406. The molecule has 0 aromatic carbocycles. The van der Waals surface area contributed by atoms with E-state index in [1.54, 1.807) is 6.20 Å². The molecule has 0 atom stereocenters. The number of carbonyl (C=O) groups is 1. The first-order chi connectivity index (χ1) is 6.04. The molecule has 0 bridgehead atoms. The van der Waals surface area contributed by atoms with Crippen LogP contribution in [0.15, 0.2) is 12.4 Å². The van der Waals surface area contributed by atoms with Crippen molar-refractivity contribution < 1.29 is 4.79 Å². The van der Waals surface area contributed by atoms with E-state index in [0.29, 0.717) is 6.29 Å². The first-order valence-corrected chi connectivity index (χ1v) is 4.04. The maximum atomic E-state index is 9.98. The molecule has 0 aliphatic heterocycles. The number of rotatable bonds is 0. The summed E-state index contributed by atoms with van der Waals surface area (Å²) < 4.78 is 1.82. The quantitative estimate of drug-likeness (QED) is 0.439. The third kappa shape index (κ3) is 2.45. The van der Waals surface area contributed by atoms with E-state index in [0.717, 1.165) is 5.56 Å². The zero-order valence-corrected chi connectivity index (χ0v) is 8.03. The lowest BCUT2D eigenvalue weighted by Crippen LogP contribution is -2.21. The molecule has 0 fully saturated rings. The Balaban J connectivity index is 2.93. The molecule has 1 aromatic heterocycles. The van der Waals surface area contributed by atoms with Gasteiger partial charge in [-0.05, 0) is 26.7 Å². The fraction of sp³-hybridized carbons (Fsp3) is 0.400. The normalized spacial score (nSPS) is 10.4. The number of aromatic nitrogens is 2.